The van der Waals surface area contributed by atoms with Gasteiger partial charge in [-0.2, -0.15) is 13.2 Å². The summed E-state index contributed by atoms with van der Waals surface area (Å²) in [6.45, 7) is -0.320. The van der Waals surface area contributed by atoms with Crippen LogP contribution in [0.15, 0.2) is 53.0 Å². The van der Waals surface area contributed by atoms with E-state index in [4.69, 9.17) is 4.74 Å². The van der Waals surface area contributed by atoms with Gasteiger partial charge in [-0.1, -0.05) is 34.5 Å². The molecule has 5 nitrogen and oxygen atoms in total. The van der Waals surface area contributed by atoms with Crippen molar-refractivity contribution >= 4 is 33.4 Å². The number of rotatable bonds is 6. The van der Waals surface area contributed by atoms with Gasteiger partial charge in [0, 0.05) is 16.2 Å². The number of carbonyl (C=O) groups excluding carboxylic acids is 2. The maximum Gasteiger partial charge on any atom is 0.391 e. The minimum Gasteiger partial charge on any atom is -0.483 e. The van der Waals surface area contributed by atoms with Gasteiger partial charge >= 0.3 is 6.18 Å². The molecule has 0 heterocycles. The Balaban J connectivity index is 1.58. The second-order valence-electron chi connectivity index (χ2n) is 7.42. The molecule has 2 aromatic carbocycles. The van der Waals surface area contributed by atoms with E-state index in [0.717, 1.165) is 4.47 Å². The zero-order valence-electron chi connectivity index (χ0n) is 16.5. The smallest absolute Gasteiger partial charge is 0.391 e. The molecule has 166 valence electrons. The molecule has 2 N–H and O–H groups in total. The van der Waals surface area contributed by atoms with Gasteiger partial charge in [0.1, 0.15) is 5.75 Å². The van der Waals surface area contributed by atoms with Gasteiger partial charge in [-0.3, -0.25) is 9.59 Å². The molecule has 31 heavy (non-hydrogen) atoms. The second-order valence-corrected chi connectivity index (χ2v) is 8.33. The summed E-state index contributed by atoms with van der Waals surface area (Å²) in [7, 11) is 0. The monoisotopic (exact) mass is 498 g/mol. The Morgan fingerprint density at radius 3 is 2.48 bits per heavy atom. The van der Waals surface area contributed by atoms with Crippen LogP contribution in [0.2, 0.25) is 0 Å². The Morgan fingerprint density at radius 2 is 1.77 bits per heavy atom. The minimum absolute atomic E-state index is 0.0864. The van der Waals surface area contributed by atoms with E-state index in [0.29, 0.717) is 18.5 Å². The van der Waals surface area contributed by atoms with Crippen molar-refractivity contribution in [3.05, 3.63) is 58.6 Å². The summed E-state index contributed by atoms with van der Waals surface area (Å²) in [5.74, 6) is -2.14. The van der Waals surface area contributed by atoms with E-state index in [1.165, 1.54) is 6.07 Å². The van der Waals surface area contributed by atoms with E-state index in [1.54, 1.807) is 42.5 Å². The molecule has 3 rings (SSSR count). The predicted octanol–water partition coefficient (Wildman–Crippen LogP) is 5.32. The first kappa shape index (κ1) is 23.1. The predicted molar refractivity (Wildman–Crippen MR) is 114 cm³/mol. The number of hydrogen-bond donors (Lipinski definition) is 2. The first-order chi connectivity index (χ1) is 14.7. The van der Waals surface area contributed by atoms with Gasteiger partial charge in [-0.05, 0) is 55.7 Å². The lowest BCUT2D eigenvalue weighted by Gasteiger charge is -2.31. The number of alkyl halides is 3. The highest BCUT2D eigenvalue weighted by Crippen LogP contribution is 2.37. The molecule has 0 bridgehead atoms. The SMILES string of the molecule is O=C(COc1ccccc1C(=O)N[C@H]1CCC[C@@H](C(F)(F)F)C1)Nc1ccc(Br)cc1. The van der Waals surface area contributed by atoms with Crippen LogP contribution >= 0.6 is 15.9 Å². The van der Waals surface area contributed by atoms with Gasteiger partial charge in [0.15, 0.2) is 6.61 Å². The number of ether oxygens (including phenoxy) is 1. The van der Waals surface area contributed by atoms with Crippen molar-refractivity contribution < 1.29 is 27.5 Å². The molecule has 0 saturated heterocycles. The number of nitrogens with one attached hydrogen (secondary N) is 2. The topological polar surface area (TPSA) is 67.4 Å². The van der Waals surface area contributed by atoms with Gasteiger partial charge in [0.05, 0.1) is 11.5 Å². The third kappa shape index (κ3) is 6.72. The van der Waals surface area contributed by atoms with Gasteiger partial charge < -0.3 is 15.4 Å². The van der Waals surface area contributed by atoms with Crippen LogP contribution in [0.5, 0.6) is 5.75 Å². The number of amides is 2. The van der Waals surface area contributed by atoms with E-state index in [1.807, 2.05) is 0 Å². The third-order valence-corrected chi connectivity index (χ3v) is 5.62. The van der Waals surface area contributed by atoms with E-state index in [2.05, 4.69) is 26.6 Å². The summed E-state index contributed by atoms with van der Waals surface area (Å²) in [5, 5.41) is 5.37. The van der Waals surface area contributed by atoms with Crippen molar-refractivity contribution in [3.63, 3.8) is 0 Å². The zero-order chi connectivity index (χ0) is 22.4. The fourth-order valence-electron chi connectivity index (χ4n) is 3.54. The standard InChI is InChI=1S/C22H22BrF3N2O3/c23-15-8-10-16(11-9-15)27-20(29)13-31-19-7-2-1-6-18(19)21(30)28-17-5-3-4-14(12-17)22(24,25)26/h1-2,6-11,14,17H,3-5,12-13H2,(H,27,29)(H,28,30)/t14-,17+/m1/s1. The minimum atomic E-state index is -4.26. The number of halogens is 4. The Morgan fingerprint density at radius 1 is 1.06 bits per heavy atom. The largest absolute Gasteiger partial charge is 0.483 e. The summed E-state index contributed by atoms with van der Waals surface area (Å²) in [5.41, 5.74) is 0.771. The number of anilines is 1. The molecule has 0 spiro atoms. The number of carbonyl (C=O) groups is 2. The van der Waals surface area contributed by atoms with Gasteiger partial charge in [0.2, 0.25) is 0 Å². The van der Waals surface area contributed by atoms with Gasteiger partial charge in [-0.15, -0.1) is 0 Å². The molecule has 9 heteroatoms. The van der Waals surface area contributed by atoms with Crippen molar-refractivity contribution in [2.75, 3.05) is 11.9 Å². The summed E-state index contributed by atoms with van der Waals surface area (Å²) in [6, 6.07) is 12.8. The highest BCUT2D eigenvalue weighted by Gasteiger charge is 2.42. The molecular formula is C22H22BrF3N2O3. The molecular weight excluding hydrogens is 477 g/mol. The highest BCUT2D eigenvalue weighted by atomic mass is 79.9. The average Bonchev–Trinajstić information content (AvgIpc) is 2.74. The van der Waals surface area contributed by atoms with Gasteiger partial charge in [0.25, 0.3) is 11.8 Å². The summed E-state index contributed by atoms with van der Waals surface area (Å²) < 4.78 is 45.4. The molecule has 0 unspecified atom stereocenters. The van der Waals surface area contributed by atoms with E-state index in [-0.39, 0.29) is 30.8 Å². The quantitative estimate of drug-likeness (QED) is 0.566. The maximum atomic E-state index is 13.0. The second kappa shape index (κ2) is 10.2. The fraction of sp³-hybridized carbons (Fsp3) is 0.364. The van der Waals surface area contributed by atoms with Crippen LogP contribution in [-0.2, 0) is 4.79 Å². The van der Waals surface area contributed by atoms with E-state index in [9.17, 15) is 22.8 Å². The Labute approximate surface area is 186 Å². The Hall–Kier alpha value is -2.55. The van der Waals surface area contributed by atoms with Crippen molar-refractivity contribution in [1.29, 1.82) is 0 Å². The lowest BCUT2D eigenvalue weighted by atomic mass is 9.85. The molecule has 1 saturated carbocycles. The molecule has 1 aliphatic carbocycles. The third-order valence-electron chi connectivity index (χ3n) is 5.09. The molecule has 0 aliphatic heterocycles. The van der Waals surface area contributed by atoms with Crippen LogP contribution in [0.4, 0.5) is 18.9 Å². The summed E-state index contributed by atoms with van der Waals surface area (Å²) in [4.78, 5) is 24.8. The highest BCUT2D eigenvalue weighted by molar-refractivity contribution is 9.10. The summed E-state index contributed by atoms with van der Waals surface area (Å²) >= 11 is 3.31. The zero-order valence-corrected chi connectivity index (χ0v) is 18.1. The van der Waals surface area contributed by atoms with Crippen LogP contribution in [-0.4, -0.2) is 30.6 Å². The summed E-state index contributed by atoms with van der Waals surface area (Å²) in [6.07, 6.45) is -3.40. The molecule has 1 fully saturated rings. The van der Waals surface area contributed by atoms with Crippen molar-refractivity contribution in [2.24, 2.45) is 5.92 Å². The van der Waals surface area contributed by atoms with Crippen LogP contribution in [0.3, 0.4) is 0 Å². The van der Waals surface area contributed by atoms with Crippen LogP contribution in [0, 0.1) is 5.92 Å². The molecule has 2 amide bonds. The van der Waals surface area contributed by atoms with Crippen molar-refractivity contribution in [2.45, 2.75) is 37.9 Å². The van der Waals surface area contributed by atoms with E-state index < -0.39 is 30.0 Å². The molecule has 0 radical (unpaired) electrons. The lowest BCUT2D eigenvalue weighted by molar-refractivity contribution is -0.183. The van der Waals surface area contributed by atoms with Crippen LogP contribution in [0.1, 0.15) is 36.0 Å². The Bertz CT molecular complexity index is 919. The van der Waals surface area contributed by atoms with Crippen molar-refractivity contribution in [1.82, 2.24) is 5.32 Å². The molecule has 0 aromatic heterocycles. The number of para-hydroxylation sites is 1. The van der Waals surface area contributed by atoms with E-state index >= 15 is 0 Å². The number of hydrogen-bond acceptors (Lipinski definition) is 3. The fourth-order valence-corrected chi connectivity index (χ4v) is 3.80. The van der Waals surface area contributed by atoms with Crippen LogP contribution < -0.4 is 15.4 Å². The number of benzene rings is 2. The van der Waals surface area contributed by atoms with Gasteiger partial charge in [-0.25, -0.2) is 0 Å². The Kier molecular flexibility index (Phi) is 7.59. The normalized spacial score (nSPS) is 18.8. The van der Waals surface area contributed by atoms with Crippen molar-refractivity contribution in [3.8, 4) is 5.75 Å². The molecule has 2 aromatic rings. The first-order valence-electron chi connectivity index (χ1n) is 9.87. The first-order valence-corrected chi connectivity index (χ1v) is 10.7. The van der Waals surface area contributed by atoms with Crippen LogP contribution in [0.25, 0.3) is 0 Å². The maximum absolute atomic E-state index is 13.0. The average molecular weight is 499 g/mol. The molecule has 1 aliphatic rings. The molecule has 2 atom stereocenters. The lowest BCUT2D eigenvalue weighted by Crippen LogP contribution is -2.41.